The van der Waals surface area contributed by atoms with Crippen LogP contribution in [0.2, 0.25) is 0 Å². The number of aromatic nitrogens is 2. The van der Waals surface area contributed by atoms with Gasteiger partial charge < -0.3 is 19.4 Å². The maximum absolute atomic E-state index is 12.7. The highest BCUT2D eigenvalue weighted by Gasteiger charge is 2.26. The number of piperidine rings is 1. The zero-order valence-electron chi connectivity index (χ0n) is 21.4. The van der Waals surface area contributed by atoms with Crippen molar-refractivity contribution in [3.05, 3.63) is 70.9 Å². The van der Waals surface area contributed by atoms with Crippen molar-refractivity contribution in [3.63, 3.8) is 0 Å². The molecular weight excluding hydrogens is 456 g/mol. The summed E-state index contributed by atoms with van der Waals surface area (Å²) in [6.07, 6.45) is 5.10. The van der Waals surface area contributed by atoms with Gasteiger partial charge in [-0.2, -0.15) is 0 Å². The summed E-state index contributed by atoms with van der Waals surface area (Å²) >= 11 is 0. The number of carbonyl (C=O) groups excluding carboxylic acids is 1. The number of likely N-dealkylation sites (tertiary alicyclic amines) is 1. The van der Waals surface area contributed by atoms with Gasteiger partial charge in [0.15, 0.2) is 18.0 Å². The van der Waals surface area contributed by atoms with E-state index >= 15 is 0 Å². The van der Waals surface area contributed by atoms with E-state index in [0.717, 1.165) is 45.9 Å². The lowest BCUT2D eigenvalue weighted by Gasteiger charge is -2.31. The minimum Gasteiger partial charge on any atom is -0.624 e. The molecule has 2 aromatic heterocycles. The summed E-state index contributed by atoms with van der Waals surface area (Å²) < 4.78 is 12.2. The number of nitrogens with zero attached hydrogens (tertiary/aromatic N) is 4. The summed E-state index contributed by atoms with van der Waals surface area (Å²) in [6, 6.07) is 13.3. The molecule has 0 atom stereocenters. The van der Waals surface area contributed by atoms with E-state index < -0.39 is 0 Å². The monoisotopic (exact) mass is 490 g/mol. The maximum atomic E-state index is 12.7. The summed E-state index contributed by atoms with van der Waals surface area (Å²) in [5.41, 5.74) is 3.06. The highest BCUT2D eigenvalue weighted by Crippen LogP contribution is 2.24. The van der Waals surface area contributed by atoms with Crippen molar-refractivity contribution in [2.45, 2.75) is 52.5 Å². The Morgan fingerprint density at radius 3 is 2.47 bits per heavy atom. The van der Waals surface area contributed by atoms with Crippen molar-refractivity contribution in [1.29, 1.82) is 0 Å². The van der Waals surface area contributed by atoms with E-state index in [4.69, 9.17) is 9.26 Å². The van der Waals surface area contributed by atoms with Crippen LogP contribution in [0.4, 0.5) is 0 Å². The van der Waals surface area contributed by atoms with Crippen molar-refractivity contribution < 1.29 is 18.8 Å². The van der Waals surface area contributed by atoms with Gasteiger partial charge in [0, 0.05) is 36.2 Å². The highest BCUT2D eigenvalue weighted by atomic mass is 16.5. The lowest BCUT2D eigenvalue weighted by atomic mass is 9.97. The molecule has 1 aromatic carbocycles. The van der Waals surface area contributed by atoms with Crippen molar-refractivity contribution >= 4 is 12.1 Å². The zero-order chi connectivity index (χ0) is 25.7. The molecule has 3 aromatic rings. The number of carbonyl (C=O) groups is 1. The van der Waals surface area contributed by atoms with Gasteiger partial charge >= 0.3 is 0 Å². The van der Waals surface area contributed by atoms with E-state index in [1.165, 1.54) is 0 Å². The molecule has 0 spiro atoms. The molecular formula is C28H34N4O4. The third-order valence-electron chi connectivity index (χ3n) is 6.43. The Kier molecular flexibility index (Phi) is 8.03. The smallest absolute Gasteiger partial charge is 0.276 e. The molecule has 8 heteroatoms. The number of hydrogen-bond acceptors (Lipinski definition) is 6. The third-order valence-corrected chi connectivity index (χ3v) is 6.43. The molecule has 3 heterocycles. The molecule has 0 unspecified atom stereocenters. The van der Waals surface area contributed by atoms with E-state index in [1.807, 2.05) is 69.0 Å². The summed E-state index contributed by atoms with van der Waals surface area (Å²) in [6.45, 7) is 9.70. The summed E-state index contributed by atoms with van der Waals surface area (Å²) in [4.78, 5) is 19.1. The van der Waals surface area contributed by atoms with Gasteiger partial charge in [-0.15, -0.1) is 0 Å². The zero-order valence-corrected chi connectivity index (χ0v) is 21.4. The number of pyridine rings is 1. The number of benzene rings is 1. The van der Waals surface area contributed by atoms with Crippen LogP contribution in [0.5, 0.6) is 5.75 Å². The van der Waals surface area contributed by atoms with E-state index in [1.54, 1.807) is 18.5 Å². The van der Waals surface area contributed by atoms with Crippen LogP contribution >= 0.6 is 0 Å². The van der Waals surface area contributed by atoms with Crippen LogP contribution < -0.4 is 4.74 Å². The second kappa shape index (κ2) is 11.4. The quantitative estimate of drug-likeness (QED) is 0.188. The number of hydrogen-bond donors (Lipinski definition) is 0. The summed E-state index contributed by atoms with van der Waals surface area (Å²) in [5, 5.41) is 15.8. The fraction of sp³-hybridized carbons (Fsp3) is 0.429. The van der Waals surface area contributed by atoms with Gasteiger partial charge in [-0.25, -0.2) is 4.74 Å². The van der Waals surface area contributed by atoms with E-state index in [9.17, 15) is 10.0 Å². The van der Waals surface area contributed by atoms with Crippen molar-refractivity contribution in [2.24, 2.45) is 5.92 Å². The van der Waals surface area contributed by atoms with Gasteiger partial charge in [0.1, 0.15) is 11.5 Å². The van der Waals surface area contributed by atoms with Gasteiger partial charge in [-0.3, -0.25) is 9.78 Å². The number of rotatable bonds is 8. The van der Waals surface area contributed by atoms with Gasteiger partial charge in [0.2, 0.25) is 0 Å². The topological polar surface area (TPSA) is 94.5 Å². The molecule has 0 aliphatic carbocycles. The predicted molar refractivity (Wildman–Crippen MR) is 138 cm³/mol. The average molecular weight is 491 g/mol. The molecule has 36 heavy (non-hydrogen) atoms. The van der Waals surface area contributed by atoms with Crippen LogP contribution in [0, 0.1) is 11.1 Å². The predicted octanol–water partition coefficient (Wildman–Crippen LogP) is 5.13. The molecule has 1 fully saturated rings. The van der Waals surface area contributed by atoms with Crippen LogP contribution in [-0.2, 0) is 0 Å². The Bertz CT molecular complexity index is 1180. The lowest BCUT2D eigenvalue weighted by molar-refractivity contribution is -0.487. The molecule has 0 bridgehead atoms. The van der Waals surface area contributed by atoms with Gasteiger partial charge in [0.25, 0.3) is 5.91 Å². The van der Waals surface area contributed by atoms with Crippen LogP contribution in [0.25, 0.3) is 11.3 Å². The minimum absolute atomic E-state index is 0.0685. The van der Waals surface area contributed by atoms with Crippen LogP contribution in [-0.4, -0.2) is 57.6 Å². The SMILES string of the molecule is CC(C)c1cc(C(=O)N2CCC(COc3ccc(-c4ccc(/C=[N+](\[O-])C(C)C)cc4)nc3)CC2)no1. The van der Waals surface area contributed by atoms with Crippen LogP contribution in [0.3, 0.4) is 0 Å². The molecule has 190 valence electrons. The number of amides is 1. The first-order valence-corrected chi connectivity index (χ1v) is 12.6. The van der Waals surface area contributed by atoms with Crippen LogP contribution in [0.15, 0.2) is 53.2 Å². The third kappa shape index (κ3) is 6.30. The molecule has 1 saturated heterocycles. The highest BCUT2D eigenvalue weighted by molar-refractivity contribution is 5.92. The first-order valence-electron chi connectivity index (χ1n) is 12.6. The standard InChI is InChI=1S/C28H34N4O4/c1-19(2)27-15-26(30-36-27)28(33)31-13-11-22(12-14-31)18-35-24-9-10-25(29-16-24)23-7-5-21(6-8-23)17-32(34)20(3)4/h5-10,15-17,19-20,22H,11-14,18H2,1-4H3/b32-17-. The van der Waals surface area contributed by atoms with E-state index in [-0.39, 0.29) is 17.9 Å². The number of ether oxygens (including phenoxy) is 1. The molecule has 0 saturated carbocycles. The molecule has 1 aliphatic rings. The first kappa shape index (κ1) is 25.4. The molecule has 8 nitrogen and oxygen atoms in total. The van der Waals surface area contributed by atoms with Gasteiger partial charge in [0.05, 0.1) is 18.5 Å². The second-order valence-electron chi connectivity index (χ2n) is 9.90. The molecule has 1 amide bonds. The first-order chi connectivity index (χ1) is 17.3. The fourth-order valence-corrected chi connectivity index (χ4v) is 4.01. The number of hydroxylamine groups is 1. The normalized spacial score (nSPS) is 15.1. The summed E-state index contributed by atoms with van der Waals surface area (Å²) in [5.74, 6) is 1.97. The molecule has 0 radical (unpaired) electrons. The van der Waals surface area contributed by atoms with Gasteiger partial charge in [-0.05, 0) is 56.9 Å². The van der Waals surface area contributed by atoms with Crippen LogP contribution in [0.1, 0.15) is 68.3 Å². The summed E-state index contributed by atoms with van der Waals surface area (Å²) in [7, 11) is 0. The Balaban J connectivity index is 1.25. The van der Waals surface area contributed by atoms with Crippen molar-refractivity contribution in [2.75, 3.05) is 19.7 Å². The second-order valence-corrected chi connectivity index (χ2v) is 9.90. The minimum atomic E-state index is -0.0913. The molecule has 0 N–H and O–H groups in total. The average Bonchev–Trinajstić information content (AvgIpc) is 3.39. The Labute approximate surface area is 212 Å². The van der Waals surface area contributed by atoms with Gasteiger partial charge in [-0.1, -0.05) is 31.1 Å². The van der Waals surface area contributed by atoms with Crippen molar-refractivity contribution in [1.82, 2.24) is 15.0 Å². The Hall–Kier alpha value is -3.68. The van der Waals surface area contributed by atoms with E-state index in [2.05, 4.69) is 10.1 Å². The molecule has 4 rings (SSSR count). The van der Waals surface area contributed by atoms with E-state index in [0.29, 0.717) is 31.3 Å². The Morgan fingerprint density at radius 2 is 1.89 bits per heavy atom. The maximum Gasteiger partial charge on any atom is 0.276 e. The molecule has 1 aliphatic heterocycles. The van der Waals surface area contributed by atoms with Crippen molar-refractivity contribution in [3.8, 4) is 17.0 Å². The lowest BCUT2D eigenvalue weighted by Crippen LogP contribution is -2.39. The Morgan fingerprint density at radius 1 is 1.17 bits per heavy atom. The fourth-order valence-electron chi connectivity index (χ4n) is 4.01. The largest absolute Gasteiger partial charge is 0.624 e.